The zero-order valence-electron chi connectivity index (χ0n) is 5.26. The first-order chi connectivity index (χ1) is 4.87. The number of hydrogen-bond donors (Lipinski definition) is 2. The van der Waals surface area contributed by atoms with Crippen molar-refractivity contribution in [2.24, 2.45) is 5.73 Å². The van der Waals surface area contributed by atoms with Crippen molar-refractivity contribution in [1.29, 1.82) is 0 Å². The molecule has 3 nitrogen and oxygen atoms in total. The number of alkyl halides is 3. The minimum atomic E-state index is -4.96. The maximum absolute atomic E-state index is 11.3. The minimum Gasteiger partial charge on any atom is -0.372 e. The van der Waals surface area contributed by atoms with Crippen molar-refractivity contribution in [3.05, 3.63) is 0 Å². The third-order valence-corrected chi connectivity index (χ3v) is 1.11. The number of ether oxygens (including phenoxy) is 1. The number of carbonyl (C=O) groups excluding carboxylic acids is 1. The van der Waals surface area contributed by atoms with Crippen LogP contribution in [0.4, 0.5) is 13.2 Å². The zero-order valence-corrected chi connectivity index (χ0v) is 6.15. The Kier molecular flexibility index (Phi) is 3.67. The summed E-state index contributed by atoms with van der Waals surface area (Å²) in [4.78, 5) is 10.3. The van der Waals surface area contributed by atoms with E-state index in [2.05, 4.69) is 17.4 Å². The molecule has 0 aliphatic carbocycles. The first kappa shape index (κ1) is 10.6. The molecule has 0 aliphatic rings. The molecule has 0 rings (SSSR count). The molecule has 66 valence electrons. The molecule has 0 bridgehead atoms. The fourth-order valence-corrected chi connectivity index (χ4v) is 0.413. The second-order valence-electron chi connectivity index (χ2n) is 1.66. The van der Waals surface area contributed by atoms with E-state index in [1.807, 2.05) is 0 Å². The summed E-state index contributed by atoms with van der Waals surface area (Å²) in [5.41, 5.74) is 4.87. The number of halogens is 3. The molecule has 11 heavy (non-hydrogen) atoms. The Morgan fingerprint density at radius 1 is 1.64 bits per heavy atom. The molecule has 0 heterocycles. The smallest absolute Gasteiger partial charge is 0.372 e. The van der Waals surface area contributed by atoms with E-state index in [1.165, 1.54) is 0 Å². The molecule has 0 saturated carbocycles. The Morgan fingerprint density at radius 2 is 2.09 bits per heavy atom. The van der Waals surface area contributed by atoms with Gasteiger partial charge in [-0.1, -0.05) is 0 Å². The van der Waals surface area contributed by atoms with Crippen LogP contribution >= 0.6 is 12.6 Å². The van der Waals surface area contributed by atoms with Crippen LogP contribution in [-0.4, -0.2) is 24.1 Å². The van der Waals surface area contributed by atoms with Gasteiger partial charge in [-0.3, -0.25) is 4.79 Å². The van der Waals surface area contributed by atoms with Gasteiger partial charge in [-0.15, -0.1) is 13.2 Å². The van der Waals surface area contributed by atoms with Crippen LogP contribution in [0.5, 0.6) is 0 Å². The molecule has 0 aromatic rings. The van der Waals surface area contributed by atoms with Crippen LogP contribution in [-0.2, 0) is 9.53 Å². The topological polar surface area (TPSA) is 52.3 Å². The normalized spacial score (nSPS) is 14.3. The predicted octanol–water partition coefficient (Wildman–Crippen LogP) is 0.306. The highest BCUT2D eigenvalue weighted by Crippen LogP contribution is 2.16. The number of rotatable bonds is 2. The third-order valence-electron chi connectivity index (χ3n) is 0.716. The second kappa shape index (κ2) is 3.82. The van der Waals surface area contributed by atoms with E-state index >= 15 is 0 Å². The van der Waals surface area contributed by atoms with Gasteiger partial charge in [0.2, 0.25) is 0 Å². The molecule has 0 amide bonds. The van der Waals surface area contributed by atoms with E-state index in [1.54, 1.807) is 0 Å². The lowest BCUT2D eigenvalue weighted by atomic mass is 10.4. The highest BCUT2D eigenvalue weighted by molar-refractivity contribution is 7.80. The molecule has 0 aliphatic heterocycles. The lowest BCUT2D eigenvalue weighted by Crippen LogP contribution is -2.37. The van der Waals surface area contributed by atoms with Crippen molar-refractivity contribution >= 4 is 18.6 Å². The van der Waals surface area contributed by atoms with Gasteiger partial charge < -0.3 is 10.5 Å². The van der Waals surface area contributed by atoms with Crippen LogP contribution < -0.4 is 5.73 Å². The highest BCUT2D eigenvalue weighted by atomic mass is 32.1. The Balaban J connectivity index is 3.88. The van der Waals surface area contributed by atoms with Crippen LogP contribution in [0.25, 0.3) is 0 Å². The number of esters is 1. The van der Waals surface area contributed by atoms with E-state index in [0.717, 1.165) is 0 Å². The average molecular weight is 189 g/mol. The molecule has 1 atom stereocenters. The van der Waals surface area contributed by atoms with Crippen LogP contribution in [0.2, 0.25) is 0 Å². The fraction of sp³-hybridized carbons (Fsp3) is 0.750. The molecular formula is C4H6F3NO2S. The van der Waals surface area contributed by atoms with Gasteiger partial charge in [-0.05, 0) is 0 Å². The Labute approximate surface area is 66.1 Å². The summed E-state index contributed by atoms with van der Waals surface area (Å²) in [6.07, 6.45) is -4.96. The van der Waals surface area contributed by atoms with Crippen molar-refractivity contribution in [3.63, 3.8) is 0 Å². The first-order valence-electron chi connectivity index (χ1n) is 2.53. The van der Waals surface area contributed by atoms with Crippen molar-refractivity contribution in [3.8, 4) is 0 Å². The number of nitrogens with two attached hydrogens (primary N) is 1. The van der Waals surface area contributed by atoms with Gasteiger partial charge in [0.05, 0.1) is 0 Å². The molecule has 2 N–H and O–H groups in total. The van der Waals surface area contributed by atoms with Gasteiger partial charge in [0.15, 0.2) is 0 Å². The zero-order chi connectivity index (χ0) is 9.07. The third kappa shape index (κ3) is 4.91. The van der Waals surface area contributed by atoms with E-state index in [4.69, 9.17) is 5.73 Å². The van der Waals surface area contributed by atoms with Gasteiger partial charge in [0.25, 0.3) is 0 Å². The van der Waals surface area contributed by atoms with Crippen molar-refractivity contribution < 1.29 is 22.7 Å². The van der Waals surface area contributed by atoms with Gasteiger partial charge in [-0.25, -0.2) is 0 Å². The molecule has 0 spiro atoms. The van der Waals surface area contributed by atoms with Crippen LogP contribution in [0.15, 0.2) is 0 Å². The van der Waals surface area contributed by atoms with Crippen molar-refractivity contribution in [2.45, 2.75) is 12.4 Å². The summed E-state index contributed by atoms with van der Waals surface area (Å²) in [6.45, 7) is 0. The number of thiol groups is 1. The van der Waals surface area contributed by atoms with Gasteiger partial charge in [-0.2, -0.15) is 12.6 Å². The average Bonchev–Trinajstić information content (AvgIpc) is 1.82. The summed E-state index contributed by atoms with van der Waals surface area (Å²) in [7, 11) is 0. The standard InChI is InChI=1S/C4H6F3NO2S/c5-4(6,7)10-3(9)2(8)1-11/h2,11H,1,8H2/t2-/m0/s1. The SMILES string of the molecule is N[C@@H](CS)C(=O)OC(F)(F)F. The molecule has 0 radical (unpaired) electrons. The Bertz CT molecular complexity index is 149. The van der Waals surface area contributed by atoms with E-state index in [9.17, 15) is 18.0 Å². The van der Waals surface area contributed by atoms with Gasteiger partial charge in [0.1, 0.15) is 6.04 Å². The summed E-state index contributed by atoms with van der Waals surface area (Å²) < 4.78 is 36.8. The van der Waals surface area contributed by atoms with E-state index in [0.29, 0.717) is 0 Å². The lowest BCUT2D eigenvalue weighted by molar-refractivity contribution is -0.306. The van der Waals surface area contributed by atoms with E-state index < -0.39 is 18.4 Å². The number of hydrogen-bond acceptors (Lipinski definition) is 4. The fourth-order valence-electron chi connectivity index (χ4n) is 0.264. The highest BCUT2D eigenvalue weighted by Gasteiger charge is 2.35. The molecule has 0 aromatic heterocycles. The molecule has 0 unspecified atom stereocenters. The first-order valence-corrected chi connectivity index (χ1v) is 3.16. The van der Waals surface area contributed by atoms with Crippen LogP contribution in [0.1, 0.15) is 0 Å². The Hall–Kier alpha value is -0.430. The summed E-state index contributed by atoms with van der Waals surface area (Å²) >= 11 is 3.51. The maximum Gasteiger partial charge on any atom is 0.575 e. The maximum atomic E-state index is 11.3. The van der Waals surface area contributed by atoms with Crippen molar-refractivity contribution in [1.82, 2.24) is 0 Å². The summed E-state index contributed by atoms with van der Waals surface area (Å²) in [5.74, 6) is -1.71. The molecular weight excluding hydrogens is 183 g/mol. The van der Waals surface area contributed by atoms with Crippen molar-refractivity contribution in [2.75, 3.05) is 5.75 Å². The quantitative estimate of drug-likeness (QED) is 0.485. The molecule has 0 fully saturated rings. The molecule has 0 aromatic carbocycles. The second-order valence-corrected chi connectivity index (χ2v) is 2.02. The minimum absolute atomic E-state index is 0.186. The summed E-state index contributed by atoms with van der Waals surface area (Å²) in [5, 5.41) is 0. The van der Waals surface area contributed by atoms with Gasteiger partial charge in [0, 0.05) is 5.75 Å². The van der Waals surface area contributed by atoms with Crippen LogP contribution in [0.3, 0.4) is 0 Å². The molecule has 7 heteroatoms. The molecule has 0 saturated heterocycles. The van der Waals surface area contributed by atoms with Crippen LogP contribution in [0, 0.1) is 0 Å². The Morgan fingerprint density at radius 3 is 2.36 bits per heavy atom. The lowest BCUT2D eigenvalue weighted by Gasteiger charge is -2.10. The van der Waals surface area contributed by atoms with Gasteiger partial charge >= 0.3 is 12.3 Å². The monoisotopic (exact) mass is 189 g/mol. The summed E-state index contributed by atoms with van der Waals surface area (Å²) in [6, 6.07) is -1.33. The predicted molar refractivity (Wildman–Crippen MR) is 34.0 cm³/mol. The largest absolute Gasteiger partial charge is 0.575 e. The van der Waals surface area contributed by atoms with E-state index in [-0.39, 0.29) is 5.75 Å². The number of carbonyl (C=O) groups is 1.